The third-order valence-electron chi connectivity index (χ3n) is 2.73. The molecular weight excluding hydrogens is 260 g/mol. The molecule has 0 amide bonds. The second-order valence-corrected chi connectivity index (χ2v) is 5.40. The summed E-state index contributed by atoms with van der Waals surface area (Å²) in [6, 6.07) is 9.80. The van der Waals surface area contributed by atoms with Gasteiger partial charge in [0.1, 0.15) is 0 Å². The normalized spacial score (nSPS) is 10.2. The number of benzene rings is 1. The molecule has 4 nitrogen and oxygen atoms in total. The summed E-state index contributed by atoms with van der Waals surface area (Å²) < 4.78 is 0. The van der Waals surface area contributed by atoms with Gasteiger partial charge in [-0.15, -0.1) is 11.3 Å². The lowest BCUT2D eigenvalue weighted by atomic mass is 10.2. The van der Waals surface area contributed by atoms with Crippen molar-refractivity contribution in [3.63, 3.8) is 0 Å². The summed E-state index contributed by atoms with van der Waals surface area (Å²) in [5.74, 6) is -0.878. The number of carboxylic acid groups (broad SMARTS) is 1. The summed E-state index contributed by atoms with van der Waals surface area (Å²) >= 11 is 1.45. The average molecular weight is 276 g/mol. The monoisotopic (exact) mass is 276 g/mol. The van der Waals surface area contributed by atoms with Gasteiger partial charge in [0.25, 0.3) is 0 Å². The van der Waals surface area contributed by atoms with Crippen molar-refractivity contribution in [2.45, 2.75) is 6.54 Å². The molecule has 0 aliphatic heterocycles. The summed E-state index contributed by atoms with van der Waals surface area (Å²) in [6.07, 6.45) is 0. The fourth-order valence-corrected chi connectivity index (χ4v) is 2.47. The van der Waals surface area contributed by atoms with Gasteiger partial charge in [0, 0.05) is 42.3 Å². The van der Waals surface area contributed by atoms with Gasteiger partial charge in [-0.1, -0.05) is 6.07 Å². The summed E-state index contributed by atoms with van der Waals surface area (Å²) in [5, 5.41) is 13.8. The Morgan fingerprint density at radius 1 is 1.37 bits per heavy atom. The first-order valence-corrected chi connectivity index (χ1v) is 6.76. The molecule has 0 atom stereocenters. The van der Waals surface area contributed by atoms with Crippen LogP contribution in [0.5, 0.6) is 0 Å². The highest BCUT2D eigenvalue weighted by Crippen LogP contribution is 2.20. The highest BCUT2D eigenvalue weighted by molar-refractivity contribution is 7.10. The maximum atomic E-state index is 10.8. The van der Waals surface area contributed by atoms with Gasteiger partial charge in [0.05, 0.1) is 5.56 Å². The van der Waals surface area contributed by atoms with Crippen LogP contribution in [0, 0.1) is 0 Å². The molecule has 2 aromatic rings. The molecule has 19 heavy (non-hydrogen) atoms. The topological polar surface area (TPSA) is 52.6 Å². The molecule has 2 N–H and O–H groups in total. The lowest BCUT2D eigenvalue weighted by Gasteiger charge is -2.14. The van der Waals surface area contributed by atoms with Crippen LogP contribution in [-0.2, 0) is 6.54 Å². The molecule has 1 aromatic carbocycles. The minimum absolute atomic E-state index is 0.351. The molecule has 0 bridgehead atoms. The largest absolute Gasteiger partial charge is 0.478 e. The minimum Gasteiger partial charge on any atom is -0.478 e. The van der Waals surface area contributed by atoms with E-state index in [-0.39, 0.29) is 0 Å². The summed E-state index contributed by atoms with van der Waals surface area (Å²) in [5.41, 5.74) is 2.50. The predicted octanol–water partition coefficient (Wildman–Crippen LogP) is 3.12. The molecule has 1 aromatic heterocycles. The predicted molar refractivity (Wildman–Crippen MR) is 79.4 cm³/mol. The molecule has 5 heteroatoms. The maximum Gasteiger partial charge on any atom is 0.336 e. The molecule has 100 valence electrons. The minimum atomic E-state index is -0.878. The molecule has 0 aliphatic carbocycles. The van der Waals surface area contributed by atoms with E-state index in [0.29, 0.717) is 12.1 Å². The third kappa shape index (κ3) is 3.48. The molecule has 0 saturated carbocycles. The van der Waals surface area contributed by atoms with Gasteiger partial charge >= 0.3 is 5.97 Å². The van der Waals surface area contributed by atoms with Crippen LogP contribution in [0.1, 0.15) is 15.2 Å². The second kappa shape index (κ2) is 5.75. The van der Waals surface area contributed by atoms with Crippen LogP contribution in [-0.4, -0.2) is 25.2 Å². The Kier molecular flexibility index (Phi) is 4.06. The zero-order chi connectivity index (χ0) is 13.8. The first-order valence-electron chi connectivity index (χ1n) is 5.88. The third-order valence-corrected chi connectivity index (χ3v) is 3.67. The molecule has 0 aliphatic rings. The fourth-order valence-electron chi connectivity index (χ4n) is 1.67. The highest BCUT2D eigenvalue weighted by atomic mass is 32.1. The van der Waals surface area contributed by atoms with Crippen molar-refractivity contribution < 1.29 is 9.90 Å². The number of nitrogens with one attached hydrogen (secondary N) is 1. The van der Waals surface area contributed by atoms with Crippen molar-refractivity contribution in [3.05, 3.63) is 46.2 Å². The molecule has 1 heterocycles. The van der Waals surface area contributed by atoms with Crippen LogP contribution in [0.4, 0.5) is 11.4 Å². The van der Waals surface area contributed by atoms with Crippen LogP contribution >= 0.6 is 11.3 Å². The van der Waals surface area contributed by atoms with E-state index >= 15 is 0 Å². The molecule has 2 rings (SSSR count). The Morgan fingerprint density at radius 2 is 2.16 bits per heavy atom. The van der Waals surface area contributed by atoms with E-state index in [1.54, 1.807) is 11.4 Å². The first-order chi connectivity index (χ1) is 9.06. The SMILES string of the molecule is CN(C)c1cccc(NCc2cc(C(=O)O)cs2)c1. The molecular formula is C14H16N2O2S. The van der Waals surface area contributed by atoms with Gasteiger partial charge in [-0.05, 0) is 24.3 Å². The number of thiophene rings is 1. The number of hydrogen-bond acceptors (Lipinski definition) is 4. The quantitative estimate of drug-likeness (QED) is 0.881. The van der Waals surface area contributed by atoms with Gasteiger partial charge in [-0.3, -0.25) is 0 Å². The van der Waals surface area contributed by atoms with E-state index in [0.717, 1.165) is 16.3 Å². The number of nitrogens with zero attached hydrogens (tertiary/aromatic N) is 1. The van der Waals surface area contributed by atoms with Gasteiger partial charge in [0.2, 0.25) is 0 Å². The van der Waals surface area contributed by atoms with Crippen molar-refractivity contribution in [2.75, 3.05) is 24.3 Å². The van der Waals surface area contributed by atoms with Crippen molar-refractivity contribution >= 4 is 28.7 Å². The number of aromatic carboxylic acids is 1. The summed E-state index contributed by atoms with van der Waals surface area (Å²) in [6.45, 7) is 0.634. The Bertz CT molecular complexity index is 578. The van der Waals surface area contributed by atoms with E-state index in [4.69, 9.17) is 5.11 Å². The smallest absolute Gasteiger partial charge is 0.336 e. The van der Waals surface area contributed by atoms with Gasteiger partial charge in [0.15, 0.2) is 0 Å². The highest BCUT2D eigenvalue weighted by Gasteiger charge is 2.06. The van der Waals surface area contributed by atoms with Crippen molar-refractivity contribution in [1.29, 1.82) is 0 Å². The Labute approximate surface area is 116 Å². The second-order valence-electron chi connectivity index (χ2n) is 4.41. The van der Waals surface area contributed by atoms with Crippen LogP contribution in [0.2, 0.25) is 0 Å². The van der Waals surface area contributed by atoms with Crippen molar-refractivity contribution in [3.8, 4) is 0 Å². The zero-order valence-corrected chi connectivity index (χ0v) is 11.7. The Balaban J connectivity index is 2.01. The Hall–Kier alpha value is -2.01. The van der Waals surface area contributed by atoms with Crippen molar-refractivity contribution in [1.82, 2.24) is 0 Å². The lowest BCUT2D eigenvalue weighted by Crippen LogP contribution is -2.08. The van der Waals surface area contributed by atoms with Crippen LogP contribution in [0.3, 0.4) is 0 Å². The van der Waals surface area contributed by atoms with E-state index in [2.05, 4.69) is 11.4 Å². The number of carbonyl (C=O) groups is 1. The number of rotatable bonds is 5. The summed E-state index contributed by atoms with van der Waals surface area (Å²) in [7, 11) is 4.00. The molecule has 0 saturated heterocycles. The number of hydrogen-bond donors (Lipinski definition) is 2. The van der Waals surface area contributed by atoms with E-state index in [1.165, 1.54) is 11.3 Å². The van der Waals surface area contributed by atoms with Gasteiger partial charge < -0.3 is 15.3 Å². The van der Waals surface area contributed by atoms with Gasteiger partial charge in [-0.25, -0.2) is 4.79 Å². The standard InChI is InChI=1S/C14H16N2O2S/c1-16(2)12-5-3-4-11(7-12)15-8-13-6-10(9-19-13)14(17)18/h3-7,9,15H,8H2,1-2H3,(H,17,18). The van der Waals surface area contributed by atoms with E-state index in [1.807, 2.05) is 37.2 Å². The average Bonchev–Trinajstić information content (AvgIpc) is 2.85. The van der Waals surface area contributed by atoms with E-state index < -0.39 is 5.97 Å². The molecule has 0 unspecified atom stereocenters. The molecule has 0 spiro atoms. The number of carboxylic acids is 1. The summed E-state index contributed by atoms with van der Waals surface area (Å²) in [4.78, 5) is 13.8. The molecule has 0 fully saturated rings. The van der Waals surface area contributed by atoms with Gasteiger partial charge in [-0.2, -0.15) is 0 Å². The number of anilines is 2. The van der Waals surface area contributed by atoms with Crippen LogP contribution in [0.15, 0.2) is 35.7 Å². The lowest BCUT2D eigenvalue weighted by molar-refractivity contribution is 0.0697. The van der Waals surface area contributed by atoms with Crippen LogP contribution < -0.4 is 10.2 Å². The first kappa shape index (κ1) is 13.4. The molecule has 0 radical (unpaired) electrons. The van der Waals surface area contributed by atoms with E-state index in [9.17, 15) is 4.79 Å². The Morgan fingerprint density at radius 3 is 2.79 bits per heavy atom. The van der Waals surface area contributed by atoms with Crippen LogP contribution in [0.25, 0.3) is 0 Å². The maximum absolute atomic E-state index is 10.8. The van der Waals surface area contributed by atoms with Crippen molar-refractivity contribution in [2.24, 2.45) is 0 Å². The fraction of sp³-hybridized carbons (Fsp3) is 0.214. The zero-order valence-electron chi connectivity index (χ0n) is 10.9.